The molecule has 0 aromatic heterocycles. The fourth-order valence-electron chi connectivity index (χ4n) is 2.01. The van der Waals surface area contributed by atoms with Gasteiger partial charge in [0.25, 0.3) is 0 Å². The third kappa shape index (κ3) is 5.86. The molecule has 3 heteroatoms. The topological polar surface area (TPSA) is 18.5 Å². The molecule has 102 valence electrons. The Morgan fingerprint density at radius 1 is 1.22 bits per heavy atom. The number of allylic oxidation sites excluding steroid dienone is 1. The van der Waals surface area contributed by atoms with E-state index in [1.807, 2.05) is 6.08 Å². The lowest BCUT2D eigenvalue weighted by Gasteiger charge is -2.26. The van der Waals surface area contributed by atoms with Crippen molar-refractivity contribution >= 4 is 8.07 Å². The molecule has 0 amide bonds. The third-order valence-electron chi connectivity index (χ3n) is 2.87. The van der Waals surface area contributed by atoms with E-state index in [1.54, 1.807) is 0 Å². The van der Waals surface area contributed by atoms with Gasteiger partial charge in [-0.25, -0.2) is 0 Å². The summed E-state index contributed by atoms with van der Waals surface area (Å²) >= 11 is 0. The van der Waals surface area contributed by atoms with Gasteiger partial charge in [0.15, 0.2) is 5.79 Å². The SMILES string of the molecule is C=CCCC1(CCCC#C[Si](C)(C)C)OCCO1. The predicted octanol–water partition coefficient (Wildman–Crippen LogP) is 3.75. The van der Waals surface area contributed by atoms with Crippen molar-refractivity contribution in [2.75, 3.05) is 13.2 Å². The van der Waals surface area contributed by atoms with Crippen LogP contribution in [0.1, 0.15) is 32.1 Å². The Kier molecular flexibility index (Phi) is 6.14. The van der Waals surface area contributed by atoms with E-state index in [2.05, 4.69) is 37.7 Å². The van der Waals surface area contributed by atoms with E-state index in [0.717, 1.165) is 45.3 Å². The zero-order valence-corrected chi connectivity index (χ0v) is 13.1. The van der Waals surface area contributed by atoms with Crippen LogP contribution in [0, 0.1) is 11.5 Å². The molecule has 0 saturated carbocycles. The molecule has 1 aliphatic heterocycles. The molecule has 1 aliphatic rings. The van der Waals surface area contributed by atoms with Crippen LogP contribution in [0.4, 0.5) is 0 Å². The Bertz CT molecular complexity index is 314. The second kappa shape index (κ2) is 7.13. The maximum Gasteiger partial charge on any atom is 0.168 e. The second-order valence-corrected chi connectivity index (χ2v) is 10.6. The molecule has 0 aromatic rings. The summed E-state index contributed by atoms with van der Waals surface area (Å²) in [6.07, 6.45) is 6.74. The van der Waals surface area contributed by atoms with Crippen LogP contribution in [0.25, 0.3) is 0 Å². The highest BCUT2D eigenvalue weighted by Crippen LogP contribution is 2.30. The monoisotopic (exact) mass is 266 g/mol. The number of ether oxygens (including phenoxy) is 2. The van der Waals surface area contributed by atoms with Gasteiger partial charge in [-0.05, 0) is 12.8 Å². The van der Waals surface area contributed by atoms with Crippen molar-refractivity contribution in [2.45, 2.75) is 57.5 Å². The zero-order chi connectivity index (χ0) is 13.5. The molecule has 0 bridgehead atoms. The van der Waals surface area contributed by atoms with Crippen LogP contribution in [0.15, 0.2) is 12.7 Å². The van der Waals surface area contributed by atoms with Gasteiger partial charge >= 0.3 is 0 Å². The first-order valence-corrected chi connectivity index (χ1v) is 10.4. The summed E-state index contributed by atoms with van der Waals surface area (Å²) in [7, 11) is -1.22. The molecule has 0 radical (unpaired) electrons. The summed E-state index contributed by atoms with van der Waals surface area (Å²) in [5, 5.41) is 0. The number of unbranched alkanes of at least 4 members (excludes halogenated alkanes) is 1. The van der Waals surface area contributed by atoms with Crippen LogP contribution >= 0.6 is 0 Å². The van der Waals surface area contributed by atoms with Crippen molar-refractivity contribution < 1.29 is 9.47 Å². The van der Waals surface area contributed by atoms with Crippen LogP contribution < -0.4 is 0 Å². The molecule has 0 spiro atoms. The van der Waals surface area contributed by atoms with Crippen molar-refractivity contribution in [3.63, 3.8) is 0 Å². The highest BCUT2D eigenvalue weighted by Gasteiger charge is 2.34. The minimum Gasteiger partial charge on any atom is -0.348 e. The Morgan fingerprint density at radius 2 is 1.89 bits per heavy atom. The van der Waals surface area contributed by atoms with Gasteiger partial charge < -0.3 is 9.47 Å². The van der Waals surface area contributed by atoms with Gasteiger partial charge in [-0.3, -0.25) is 0 Å². The van der Waals surface area contributed by atoms with E-state index in [9.17, 15) is 0 Å². The van der Waals surface area contributed by atoms with Crippen LogP contribution in [0.5, 0.6) is 0 Å². The lowest BCUT2D eigenvalue weighted by molar-refractivity contribution is -0.166. The molecule has 0 aliphatic carbocycles. The molecule has 2 nitrogen and oxygen atoms in total. The smallest absolute Gasteiger partial charge is 0.168 e. The highest BCUT2D eigenvalue weighted by molar-refractivity contribution is 6.83. The number of hydrogen-bond donors (Lipinski definition) is 0. The molecule has 1 rings (SSSR count). The Morgan fingerprint density at radius 3 is 2.44 bits per heavy atom. The van der Waals surface area contributed by atoms with Gasteiger partial charge in [0, 0.05) is 19.3 Å². The quantitative estimate of drug-likeness (QED) is 0.315. The van der Waals surface area contributed by atoms with E-state index in [1.165, 1.54) is 0 Å². The largest absolute Gasteiger partial charge is 0.348 e. The summed E-state index contributed by atoms with van der Waals surface area (Å²) in [4.78, 5) is 0. The van der Waals surface area contributed by atoms with E-state index in [4.69, 9.17) is 9.47 Å². The summed E-state index contributed by atoms with van der Waals surface area (Å²) in [5.41, 5.74) is 3.39. The van der Waals surface area contributed by atoms with Crippen molar-refractivity contribution in [2.24, 2.45) is 0 Å². The first-order chi connectivity index (χ1) is 8.47. The summed E-state index contributed by atoms with van der Waals surface area (Å²) in [5.74, 6) is 2.95. The first-order valence-electron chi connectivity index (χ1n) is 6.86. The molecule has 0 N–H and O–H groups in total. The van der Waals surface area contributed by atoms with E-state index >= 15 is 0 Å². The van der Waals surface area contributed by atoms with Crippen molar-refractivity contribution in [3.05, 3.63) is 12.7 Å². The second-order valence-electron chi connectivity index (χ2n) is 5.84. The normalized spacial score (nSPS) is 18.2. The van der Waals surface area contributed by atoms with Gasteiger partial charge in [0.1, 0.15) is 8.07 Å². The molecule has 0 unspecified atom stereocenters. The molecule has 1 fully saturated rings. The Hall–Kier alpha value is -0.563. The van der Waals surface area contributed by atoms with Crippen LogP contribution in [0.2, 0.25) is 19.6 Å². The standard InChI is InChI=1S/C15H26O2Si/c1-5-6-10-15(16-12-13-17-15)11-8-7-9-14-18(2,3)4/h5H,1,6-8,10-13H2,2-4H3. The van der Waals surface area contributed by atoms with Gasteiger partial charge in [-0.2, -0.15) is 0 Å². The van der Waals surface area contributed by atoms with Crippen molar-refractivity contribution in [1.29, 1.82) is 0 Å². The van der Waals surface area contributed by atoms with Gasteiger partial charge in [-0.15, -0.1) is 18.0 Å². The maximum atomic E-state index is 5.78. The molecule has 0 aromatic carbocycles. The number of hydrogen-bond acceptors (Lipinski definition) is 2. The minimum atomic E-state index is -1.22. The van der Waals surface area contributed by atoms with Crippen LogP contribution in [-0.2, 0) is 9.47 Å². The molecular formula is C15H26O2Si. The molecule has 1 heterocycles. The third-order valence-corrected chi connectivity index (χ3v) is 3.79. The fourth-order valence-corrected chi connectivity index (χ4v) is 2.66. The average molecular weight is 266 g/mol. The van der Waals surface area contributed by atoms with E-state index < -0.39 is 8.07 Å². The van der Waals surface area contributed by atoms with E-state index in [-0.39, 0.29) is 5.79 Å². The fraction of sp³-hybridized carbons (Fsp3) is 0.733. The zero-order valence-electron chi connectivity index (χ0n) is 12.1. The minimum absolute atomic E-state index is 0.352. The Labute approximate surface area is 113 Å². The van der Waals surface area contributed by atoms with Gasteiger partial charge in [0.2, 0.25) is 0 Å². The first kappa shape index (κ1) is 15.5. The summed E-state index contributed by atoms with van der Waals surface area (Å²) in [6.45, 7) is 12.0. The lowest BCUT2D eigenvalue weighted by Crippen LogP contribution is -2.29. The highest BCUT2D eigenvalue weighted by atomic mass is 28.3. The van der Waals surface area contributed by atoms with Crippen LogP contribution in [0.3, 0.4) is 0 Å². The van der Waals surface area contributed by atoms with Crippen molar-refractivity contribution in [1.82, 2.24) is 0 Å². The Balaban J connectivity index is 2.34. The maximum absolute atomic E-state index is 5.78. The summed E-state index contributed by atoms with van der Waals surface area (Å²) < 4.78 is 11.6. The van der Waals surface area contributed by atoms with Crippen molar-refractivity contribution in [3.8, 4) is 11.5 Å². The van der Waals surface area contributed by atoms with E-state index in [0.29, 0.717) is 0 Å². The molecule has 0 atom stereocenters. The molecule has 18 heavy (non-hydrogen) atoms. The van der Waals surface area contributed by atoms with Gasteiger partial charge in [-0.1, -0.05) is 25.7 Å². The predicted molar refractivity (Wildman–Crippen MR) is 79.0 cm³/mol. The molecular weight excluding hydrogens is 240 g/mol. The summed E-state index contributed by atoms with van der Waals surface area (Å²) in [6, 6.07) is 0. The lowest BCUT2D eigenvalue weighted by atomic mass is 10.0. The number of rotatable bonds is 6. The average Bonchev–Trinajstić information content (AvgIpc) is 2.74. The molecule has 1 saturated heterocycles. The van der Waals surface area contributed by atoms with Crippen LogP contribution in [-0.4, -0.2) is 27.1 Å². The van der Waals surface area contributed by atoms with Gasteiger partial charge in [0.05, 0.1) is 13.2 Å².